The van der Waals surface area contributed by atoms with Crippen LogP contribution in [0.3, 0.4) is 0 Å². The molecule has 1 amide bonds. The SMILES string of the molecule is CCCCCCCCCCCCCCCCCC(=O)N(C)CC(=O)O.[H-].[Na+]. The van der Waals surface area contributed by atoms with Gasteiger partial charge in [-0.2, -0.15) is 0 Å². The van der Waals surface area contributed by atoms with E-state index >= 15 is 0 Å². The second kappa shape index (κ2) is 21.2. The Bertz CT molecular complexity index is 343. The minimum atomic E-state index is -0.952. The molecule has 0 aliphatic rings. The molecule has 26 heavy (non-hydrogen) atoms. The molecular weight excluding hydrogens is 337 g/mol. The number of amides is 1. The summed E-state index contributed by atoms with van der Waals surface area (Å²) in [5.74, 6) is -1.01. The van der Waals surface area contributed by atoms with Gasteiger partial charge in [0.05, 0.1) is 0 Å². The summed E-state index contributed by atoms with van der Waals surface area (Å²) in [6.45, 7) is 2.07. The molecule has 0 fully saturated rings. The van der Waals surface area contributed by atoms with Gasteiger partial charge in [-0.15, -0.1) is 0 Å². The molecule has 0 aliphatic heterocycles. The van der Waals surface area contributed by atoms with E-state index in [1.54, 1.807) is 7.05 Å². The Hall–Kier alpha value is -0.0600. The van der Waals surface area contributed by atoms with Gasteiger partial charge in [-0.25, -0.2) is 0 Å². The van der Waals surface area contributed by atoms with Gasteiger partial charge in [-0.1, -0.05) is 96.8 Å². The van der Waals surface area contributed by atoms with Crippen LogP contribution in [0.15, 0.2) is 0 Å². The molecule has 0 saturated heterocycles. The monoisotopic (exact) mass is 379 g/mol. The summed E-state index contributed by atoms with van der Waals surface area (Å²) in [6.07, 6.45) is 20.1. The standard InChI is InChI=1S/C21H41NO3.Na.H/c1-3-4-5-6-7-8-9-10-11-12-13-14-15-16-17-18-20(23)22(2)19-21(24)25;;/h3-19H2,1-2H3,(H,24,25);;/q;+1;-1. The molecule has 0 heterocycles. The fourth-order valence-corrected chi connectivity index (χ4v) is 3.13. The molecule has 0 bridgehead atoms. The Balaban J connectivity index is -0.00000288. The largest absolute Gasteiger partial charge is 1.00 e. The molecule has 4 nitrogen and oxygen atoms in total. The Morgan fingerprint density at radius 3 is 1.42 bits per heavy atom. The van der Waals surface area contributed by atoms with Crippen LogP contribution in [0.25, 0.3) is 0 Å². The fourth-order valence-electron chi connectivity index (χ4n) is 3.13. The van der Waals surface area contributed by atoms with Crippen LogP contribution in [-0.2, 0) is 9.59 Å². The Labute approximate surface area is 185 Å². The van der Waals surface area contributed by atoms with Crippen molar-refractivity contribution in [2.24, 2.45) is 0 Å². The van der Waals surface area contributed by atoms with Crippen molar-refractivity contribution in [2.75, 3.05) is 13.6 Å². The van der Waals surface area contributed by atoms with E-state index in [2.05, 4.69) is 6.92 Å². The Kier molecular flexibility index (Phi) is 23.0. The zero-order chi connectivity index (χ0) is 18.8. The zero-order valence-corrected chi connectivity index (χ0v) is 19.7. The van der Waals surface area contributed by atoms with Crippen molar-refractivity contribution in [3.8, 4) is 0 Å². The van der Waals surface area contributed by atoms with E-state index in [0.717, 1.165) is 12.8 Å². The number of likely N-dealkylation sites (N-methyl/N-ethyl adjacent to an activating group) is 1. The van der Waals surface area contributed by atoms with Crippen LogP contribution in [0.1, 0.15) is 111 Å². The van der Waals surface area contributed by atoms with Gasteiger partial charge >= 0.3 is 35.5 Å². The number of nitrogens with zero attached hydrogens (tertiary/aromatic N) is 1. The molecule has 1 N–H and O–H groups in total. The summed E-state index contributed by atoms with van der Waals surface area (Å²) in [6, 6.07) is 0. The average molecular weight is 380 g/mol. The van der Waals surface area contributed by atoms with E-state index in [1.165, 1.54) is 88.4 Å². The number of hydrogen-bond acceptors (Lipinski definition) is 2. The molecule has 0 aliphatic carbocycles. The number of carboxylic acid groups (broad SMARTS) is 1. The third-order valence-electron chi connectivity index (χ3n) is 4.79. The predicted molar refractivity (Wildman–Crippen MR) is 106 cm³/mol. The summed E-state index contributed by atoms with van der Waals surface area (Å²) in [7, 11) is 1.56. The van der Waals surface area contributed by atoms with Gasteiger partial charge in [0.2, 0.25) is 5.91 Å². The number of carboxylic acids is 1. The molecule has 0 aromatic carbocycles. The minimum absolute atomic E-state index is 0. The summed E-state index contributed by atoms with van der Waals surface area (Å²) in [5, 5.41) is 8.64. The number of hydrogen-bond donors (Lipinski definition) is 1. The van der Waals surface area contributed by atoms with Gasteiger partial charge in [0.1, 0.15) is 6.54 Å². The number of rotatable bonds is 18. The molecule has 0 spiro atoms. The molecule has 0 saturated carbocycles. The van der Waals surface area contributed by atoms with Crippen molar-refractivity contribution in [1.29, 1.82) is 0 Å². The number of carbonyl (C=O) groups is 2. The van der Waals surface area contributed by atoms with Crippen LogP contribution in [0.5, 0.6) is 0 Å². The topological polar surface area (TPSA) is 57.6 Å². The van der Waals surface area contributed by atoms with Crippen molar-refractivity contribution in [3.05, 3.63) is 0 Å². The molecule has 150 valence electrons. The molecular formula is C21H42NNaO3. The molecule has 0 unspecified atom stereocenters. The number of aliphatic carboxylic acids is 1. The van der Waals surface area contributed by atoms with E-state index < -0.39 is 5.97 Å². The van der Waals surface area contributed by atoms with Gasteiger partial charge in [0.25, 0.3) is 0 Å². The first-order valence-corrected chi connectivity index (χ1v) is 10.5. The second-order valence-electron chi connectivity index (χ2n) is 7.34. The minimum Gasteiger partial charge on any atom is -1.00 e. The first kappa shape index (κ1) is 28.2. The molecule has 5 heteroatoms. The maximum atomic E-state index is 11.7. The Morgan fingerprint density at radius 2 is 1.08 bits per heavy atom. The third-order valence-corrected chi connectivity index (χ3v) is 4.79. The van der Waals surface area contributed by atoms with Gasteiger partial charge in [0.15, 0.2) is 0 Å². The van der Waals surface area contributed by atoms with Crippen molar-refractivity contribution >= 4 is 11.9 Å². The van der Waals surface area contributed by atoms with Gasteiger partial charge in [0, 0.05) is 13.5 Å². The van der Waals surface area contributed by atoms with Gasteiger partial charge in [-0.05, 0) is 6.42 Å². The summed E-state index contributed by atoms with van der Waals surface area (Å²) in [4.78, 5) is 23.5. The van der Waals surface area contributed by atoms with E-state index in [1.807, 2.05) is 0 Å². The molecule has 0 rings (SSSR count). The smallest absolute Gasteiger partial charge is 1.00 e. The van der Waals surface area contributed by atoms with E-state index in [-0.39, 0.29) is 43.4 Å². The maximum absolute atomic E-state index is 11.7. The maximum Gasteiger partial charge on any atom is 1.00 e. The summed E-state index contributed by atoms with van der Waals surface area (Å²) in [5.41, 5.74) is 0. The van der Waals surface area contributed by atoms with Crippen LogP contribution in [0, 0.1) is 0 Å². The second-order valence-corrected chi connectivity index (χ2v) is 7.34. The van der Waals surface area contributed by atoms with Crippen LogP contribution in [-0.4, -0.2) is 35.5 Å². The average Bonchev–Trinajstić information content (AvgIpc) is 2.57. The summed E-state index contributed by atoms with van der Waals surface area (Å²) >= 11 is 0. The first-order valence-electron chi connectivity index (χ1n) is 10.5. The molecule has 0 radical (unpaired) electrons. The first-order chi connectivity index (χ1) is 12.1. The van der Waals surface area contributed by atoms with Crippen LogP contribution in [0.2, 0.25) is 0 Å². The Morgan fingerprint density at radius 1 is 0.731 bits per heavy atom. The quantitative estimate of drug-likeness (QED) is 0.294. The van der Waals surface area contributed by atoms with E-state index in [4.69, 9.17) is 5.11 Å². The van der Waals surface area contributed by atoms with Crippen LogP contribution < -0.4 is 29.6 Å². The molecule has 0 aromatic rings. The van der Waals surface area contributed by atoms with E-state index in [9.17, 15) is 9.59 Å². The van der Waals surface area contributed by atoms with Crippen molar-refractivity contribution < 1.29 is 45.7 Å². The number of carbonyl (C=O) groups excluding carboxylic acids is 1. The molecule has 0 aromatic heterocycles. The normalized spacial score (nSPS) is 10.4. The van der Waals surface area contributed by atoms with E-state index in [0.29, 0.717) is 6.42 Å². The third kappa shape index (κ3) is 20.3. The summed E-state index contributed by atoms with van der Waals surface area (Å²) < 4.78 is 0. The van der Waals surface area contributed by atoms with Crippen molar-refractivity contribution in [1.82, 2.24) is 4.90 Å². The number of unbranched alkanes of at least 4 members (excludes halogenated alkanes) is 14. The van der Waals surface area contributed by atoms with Crippen molar-refractivity contribution in [2.45, 2.75) is 110 Å². The van der Waals surface area contributed by atoms with Gasteiger partial charge in [-0.3, -0.25) is 9.59 Å². The molecule has 0 atom stereocenters. The van der Waals surface area contributed by atoms with Crippen LogP contribution in [0.4, 0.5) is 0 Å². The van der Waals surface area contributed by atoms with Gasteiger partial charge < -0.3 is 11.4 Å². The predicted octanol–water partition coefficient (Wildman–Crippen LogP) is 2.91. The van der Waals surface area contributed by atoms with Crippen LogP contribution >= 0.6 is 0 Å². The van der Waals surface area contributed by atoms with Crippen molar-refractivity contribution in [3.63, 3.8) is 0 Å². The fraction of sp³-hybridized carbons (Fsp3) is 0.905. The zero-order valence-electron chi connectivity index (χ0n) is 18.7.